The minimum absolute atomic E-state index is 0.528. The molecule has 0 bridgehead atoms. The fourth-order valence-electron chi connectivity index (χ4n) is 2.76. The minimum Gasteiger partial charge on any atom is -0.501 e. The van der Waals surface area contributed by atoms with Gasteiger partial charge in [0.15, 0.2) is 0 Å². The van der Waals surface area contributed by atoms with Crippen LogP contribution < -0.4 is 5.32 Å². The predicted molar refractivity (Wildman–Crippen MR) is 69.4 cm³/mol. The molecule has 0 aromatic rings. The molecular weight excluding hydrogens is 198 g/mol. The van der Waals surface area contributed by atoms with Gasteiger partial charge >= 0.3 is 0 Å². The summed E-state index contributed by atoms with van der Waals surface area (Å²) in [7, 11) is 2.08. The third-order valence-electron chi connectivity index (χ3n) is 3.46. The van der Waals surface area contributed by atoms with E-state index < -0.39 is 0 Å². The highest BCUT2D eigenvalue weighted by atomic mass is 16.5. The van der Waals surface area contributed by atoms with Crippen molar-refractivity contribution in [1.82, 2.24) is 5.32 Å². The number of likely N-dealkylation sites (N-methyl/N-ethyl adjacent to an activating group) is 1. The maximum absolute atomic E-state index is 5.47. The van der Waals surface area contributed by atoms with Crippen LogP contribution in [0.3, 0.4) is 0 Å². The Morgan fingerprint density at radius 2 is 2.00 bits per heavy atom. The molecule has 1 heterocycles. The highest BCUT2D eigenvalue weighted by Gasteiger charge is 2.23. The summed E-state index contributed by atoms with van der Waals surface area (Å²) < 4.78 is 5.47. The lowest BCUT2D eigenvalue weighted by atomic mass is 9.84. The van der Waals surface area contributed by atoms with Gasteiger partial charge in [0, 0.05) is 6.04 Å². The summed E-state index contributed by atoms with van der Waals surface area (Å²) >= 11 is 0. The number of hydrogen-bond donors (Lipinski definition) is 1. The first-order valence-corrected chi connectivity index (χ1v) is 6.81. The molecule has 1 unspecified atom stereocenters. The van der Waals surface area contributed by atoms with Gasteiger partial charge in [0.25, 0.3) is 0 Å². The molecule has 1 atom stereocenters. The normalized spacial score (nSPS) is 18.1. The van der Waals surface area contributed by atoms with Gasteiger partial charge in [-0.1, -0.05) is 26.7 Å². The van der Waals surface area contributed by atoms with Crippen molar-refractivity contribution in [3.8, 4) is 0 Å². The Labute approximate surface area is 100 Å². The second-order valence-corrected chi connectivity index (χ2v) is 4.77. The highest BCUT2D eigenvalue weighted by molar-refractivity contribution is 5.11. The van der Waals surface area contributed by atoms with E-state index in [0.29, 0.717) is 6.04 Å². The topological polar surface area (TPSA) is 21.3 Å². The molecule has 94 valence electrons. The van der Waals surface area contributed by atoms with Crippen molar-refractivity contribution in [2.45, 2.75) is 58.4 Å². The van der Waals surface area contributed by atoms with Gasteiger partial charge in [-0.25, -0.2) is 0 Å². The lowest BCUT2D eigenvalue weighted by molar-refractivity contribution is 0.212. The van der Waals surface area contributed by atoms with E-state index in [-0.39, 0.29) is 0 Å². The van der Waals surface area contributed by atoms with Crippen LogP contribution in [-0.4, -0.2) is 19.7 Å². The second kappa shape index (κ2) is 7.72. The largest absolute Gasteiger partial charge is 0.501 e. The fourth-order valence-corrected chi connectivity index (χ4v) is 2.76. The average molecular weight is 225 g/mol. The van der Waals surface area contributed by atoms with E-state index >= 15 is 0 Å². The zero-order valence-corrected chi connectivity index (χ0v) is 11.1. The standard InChI is InChI=1S/C14H27NO/c1-4-7-12(8-5-2)14(15-3)13-9-6-10-16-11-13/h11-12,14-15H,4-10H2,1-3H3. The summed E-state index contributed by atoms with van der Waals surface area (Å²) in [5, 5.41) is 3.49. The van der Waals surface area contributed by atoms with Crippen LogP contribution in [0.5, 0.6) is 0 Å². The summed E-state index contributed by atoms with van der Waals surface area (Å²) in [4.78, 5) is 0. The van der Waals surface area contributed by atoms with Gasteiger partial charge in [-0.15, -0.1) is 0 Å². The Morgan fingerprint density at radius 3 is 2.44 bits per heavy atom. The van der Waals surface area contributed by atoms with Crippen molar-refractivity contribution in [2.24, 2.45) is 5.92 Å². The molecule has 1 N–H and O–H groups in total. The molecule has 0 aliphatic carbocycles. The van der Waals surface area contributed by atoms with E-state index in [1.165, 1.54) is 44.1 Å². The van der Waals surface area contributed by atoms with Crippen molar-refractivity contribution in [3.63, 3.8) is 0 Å². The van der Waals surface area contributed by atoms with E-state index in [9.17, 15) is 0 Å². The van der Waals surface area contributed by atoms with Crippen molar-refractivity contribution in [1.29, 1.82) is 0 Å². The molecule has 0 saturated heterocycles. The van der Waals surface area contributed by atoms with Gasteiger partial charge in [-0.2, -0.15) is 0 Å². The smallest absolute Gasteiger partial charge is 0.0876 e. The summed E-state index contributed by atoms with van der Waals surface area (Å²) in [6.45, 7) is 5.45. The van der Waals surface area contributed by atoms with Gasteiger partial charge in [0.05, 0.1) is 12.9 Å². The molecule has 0 radical (unpaired) electrons. The van der Waals surface area contributed by atoms with Crippen LogP contribution in [0.25, 0.3) is 0 Å². The first-order chi connectivity index (χ1) is 7.83. The number of hydrogen-bond acceptors (Lipinski definition) is 2. The van der Waals surface area contributed by atoms with Crippen LogP contribution in [0.2, 0.25) is 0 Å². The van der Waals surface area contributed by atoms with Crippen LogP contribution in [0.1, 0.15) is 52.4 Å². The summed E-state index contributed by atoms with van der Waals surface area (Å²) in [6, 6.07) is 0.528. The van der Waals surface area contributed by atoms with Crippen LogP contribution in [0, 0.1) is 5.92 Å². The van der Waals surface area contributed by atoms with Crippen LogP contribution in [-0.2, 0) is 4.74 Å². The maximum Gasteiger partial charge on any atom is 0.0876 e. The molecule has 16 heavy (non-hydrogen) atoms. The van der Waals surface area contributed by atoms with Gasteiger partial charge in [0.1, 0.15) is 0 Å². The molecule has 0 aromatic carbocycles. The molecule has 1 aliphatic heterocycles. The third kappa shape index (κ3) is 3.82. The number of nitrogens with one attached hydrogen (secondary N) is 1. The second-order valence-electron chi connectivity index (χ2n) is 4.77. The van der Waals surface area contributed by atoms with E-state index in [2.05, 4.69) is 26.2 Å². The molecule has 0 amide bonds. The zero-order chi connectivity index (χ0) is 11.8. The third-order valence-corrected chi connectivity index (χ3v) is 3.46. The molecule has 0 fully saturated rings. The number of ether oxygens (including phenoxy) is 1. The molecule has 2 nitrogen and oxygen atoms in total. The zero-order valence-electron chi connectivity index (χ0n) is 11.1. The molecule has 0 spiro atoms. The molecule has 1 aliphatic rings. The Balaban J connectivity index is 2.64. The Morgan fingerprint density at radius 1 is 1.31 bits per heavy atom. The quantitative estimate of drug-likeness (QED) is 0.716. The van der Waals surface area contributed by atoms with Gasteiger partial charge in [-0.05, 0) is 44.2 Å². The van der Waals surface area contributed by atoms with E-state index in [1.54, 1.807) is 0 Å². The first-order valence-electron chi connectivity index (χ1n) is 6.81. The fraction of sp³-hybridized carbons (Fsp3) is 0.857. The molecule has 0 aromatic heterocycles. The minimum atomic E-state index is 0.528. The molecule has 2 heteroatoms. The lowest BCUT2D eigenvalue weighted by Gasteiger charge is -2.30. The average Bonchev–Trinajstić information content (AvgIpc) is 2.32. The maximum atomic E-state index is 5.47. The van der Waals surface area contributed by atoms with Crippen LogP contribution in [0.4, 0.5) is 0 Å². The molecular formula is C14H27NO. The SMILES string of the molecule is CCCC(CCC)C(NC)C1=COCCC1. The van der Waals surface area contributed by atoms with Gasteiger partial charge in [0.2, 0.25) is 0 Å². The van der Waals surface area contributed by atoms with E-state index in [4.69, 9.17) is 4.74 Å². The van der Waals surface area contributed by atoms with Crippen molar-refractivity contribution < 1.29 is 4.74 Å². The van der Waals surface area contributed by atoms with Crippen molar-refractivity contribution in [2.75, 3.05) is 13.7 Å². The summed E-state index contributed by atoms with van der Waals surface area (Å²) in [5.74, 6) is 0.771. The lowest BCUT2D eigenvalue weighted by Crippen LogP contribution is -2.36. The molecule has 1 rings (SSSR count). The Hall–Kier alpha value is -0.500. The Kier molecular flexibility index (Phi) is 6.55. The number of rotatable bonds is 7. The summed E-state index contributed by atoms with van der Waals surface area (Å²) in [6.07, 6.45) is 9.56. The van der Waals surface area contributed by atoms with Gasteiger partial charge < -0.3 is 10.1 Å². The Bertz CT molecular complexity index is 207. The van der Waals surface area contributed by atoms with Crippen LogP contribution in [0.15, 0.2) is 11.8 Å². The predicted octanol–water partition coefficient (Wildman–Crippen LogP) is 3.49. The van der Waals surface area contributed by atoms with Crippen molar-refractivity contribution >= 4 is 0 Å². The first kappa shape index (κ1) is 13.6. The van der Waals surface area contributed by atoms with E-state index in [1.807, 2.05) is 6.26 Å². The molecule has 0 saturated carbocycles. The highest BCUT2D eigenvalue weighted by Crippen LogP contribution is 2.26. The van der Waals surface area contributed by atoms with E-state index in [0.717, 1.165) is 12.5 Å². The van der Waals surface area contributed by atoms with Crippen molar-refractivity contribution in [3.05, 3.63) is 11.8 Å². The van der Waals surface area contributed by atoms with Gasteiger partial charge in [-0.3, -0.25) is 0 Å². The monoisotopic (exact) mass is 225 g/mol. The summed E-state index contributed by atoms with van der Waals surface area (Å²) in [5.41, 5.74) is 1.47. The van der Waals surface area contributed by atoms with Crippen LogP contribution >= 0.6 is 0 Å².